The van der Waals surface area contributed by atoms with E-state index in [1.807, 2.05) is 12.1 Å². The molecule has 0 aromatic heterocycles. The van der Waals surface area contributed by atoms with Gasteiger partial charge in [-0.2, -0.15) is 0 Å². The van der Waals surface area contributed by atoms with Gasteiger partial charge in [0, 0.05) is 17.0 Å². The van der Waals surface area contributed by atoms with Gasteiger partial charge in [0.15, 0.2) is 0 Å². The van der Waals surface area contributed by atoms with Crippen molar-refractivity contribution < 1.29 is 4.39 Å². The lowest BCUT2D eigenvalue weighted by Gasteiger charge is -2.37. The zero-order valence-corrected chi connectivity index (χ0v) is 7.84. The summed E-state index contributed by atoms with van der Waals surface area (Å²) in [4.78, 5) is 0. The maximum Gasteiger partial charge on any atom is 0.110 e. The van der Waals surface area contributed by atoms with Crippen molar-refractivity contribution in [1.82, 2.24) is 0 Å². The molecule has 1 nitrogen and oxygen atoms in total. The van der Waals surface area contributed by atoms with E-state index in [4.69, 9.17) is 17.3 Å². The highest BCUT2D eigenvalue weighted by molar-refractivity contribution is 6.30. The highest BCUT2D eigenvalue weighted by Crippen LogP contribution is 2.38. The van der Waals surface area contributed by atoms with Gasteiger partial charge in [-0.3, -0.25) is 0 Å². The van der Waals surface area contributed by atoms with Crippen molar-refractivity contribution >= 4 is 11.6 Å². The maximum atomic E-state index is 13.1. The minimum atomic E-state index is -0.781. The van der Waals surface area contributed by atoms with Gasteiger partial charge in [0.05, 0.1) is 0 Å². The number of rotatable bonds is 1. The largest absolute Gasteiger partial charge is 0.327 e. The summed E-state index contributed by atoms with van der Waals surface area (Å²) < 4.78 is 13.1. The molecular weight excluding hydrogens is 189 g/mol. The molecule has 1 fully saturated rings. The summed E-state index contributed by atoms with van der Waals surface area (Å²) >= 11 is 5.73. The third kappa shape index (κ3) is 1.56. The smallest absolute Gasteiger partial charge is 0.110 e. The Hall–Kier alpha value is -0.600. The lowest BCUT2D eigenvalue weighted by Crippen LogP contribution is -2.46. The van der Waals surface area contributed by atoms with E-state index in [0.29, 0.717) is 11.4 Å². The van der Waals surface area contributed by atoms with E-state index in [1.165, 1.54) is 0 Å². The Morgan fingerprint density at radius 3 is 2.38 bits per heavy atom. The molecule has 3 heteroatoms. The molecule has 0 heterocycles. The van der Waals surface area contributed by atoms with Crippen molar-refractivity contribution in [2.45, 2.75) is 24.6 Å². The van der Waals surface area contributed by atoms with Crippen molar-refractivity contribution in [3.63, 3.8) is 0 Å². The number of hydrogen-bond donors (Lipinski definition) is 1. The number of nitrogens with two attached hydrogens (primary N) is 1. The quantitative estimate of drug-likeness (QED) is 0.739. The fraction of sp³-hybridized carbons (Fsp3) is 0.400. The summed E-state index contributed by atoms with van der Waals surface area (Å²) in [5.41, 5.74) is 6.66. The minimum absolute atomic E-state index is 0.0313. The van der Waals surface area contributed by atoms with Crippen LogP contribution < -0.4 is 5.73 Å². The van der Waals surface area contributed by atoms with Crippen LogP contribution in [0.1, 0.15) is 17.9 Å². The first-order valence-electron chi connectivity index (χ1n) is 4.33. The van der Waals surface area contributed by atoms with E-state index >= 15 is 0 Å². The zero-order valence-electron chi connectivity index (χ0n) is 7.08. The second-order valence-corrected chi connectivity index (χ2v) is 3.93. The van der Waals surface area contributed by atoms with Crippen LogP contribution in [0.15, 0.2) is 24.3 Å². The molecule has 2 rings (SSSR count). The minimum Gasteiger partial charge on any atom is -0.327 e. The predicted octanol–water partition coefficient (Wildman–Crippen LogP) is 2.49. The van der Waals surface area contributed by atoms with E-state index in [-0.39, 0.29) is 12.0 Å². The molecule has 2 N–H and O–H groups in total. The van der Waals surface area contributed by atoms with E-state index in [9.17, 15) is 4.39 Å². The Morgan fingerprint density at radius 2 is 1.92 bits per heavy atom. The monoisotopic (exact) mass is 199 g/mol. The van der Waals surface area contributed by atoms with Crippen LogP contribution in [0.2, 0.25) is 5.02 Å². The Bertz CT molecular complexity index is 290. The molecule has 1 saturated carbocycles. The summed E-state index contributed by atoms with van der Waals surface area (Å²) in [6.07, 6.45) is -0.302. The molecule has 0 unspecified atom stereocenters. The second kappa shape index (κ2) is 3.28. The second-order valence-electron chi connectivity index (χ2n) is 3.49. The molecule has 0 spiro atoms. The van der Waals surface area contributed by atoms with Crippen LogP contribution in [0, 0.1) is 0 Å². The molecule has 0 bridgehead atoms. The summed E-state index contributed by atoms with van der Waals surface area (Å²) in [6, 6.07) is 7.21. The van der Waals surface area contributed by atoms with Crippen LogP contribution in [-0.4, -0.2) is 12.2 Å². The third-order valence-electron chi connectivity index (χ3n) is 2.60. The Morgan fingerprint density at radius 1 is 1.31 bits per heavy atom. The lowest BCUT2D eigenvalue weighted by atomic mass is 9.74. The molecule has 3 atom stereocenters. The third-order valence-corrected chi connectivity index (χ3v) is 2.86. The molecule has 1 aliphatic rings. The average Bonchev–Trinajstić information content (AvgIpc) is 2.09. The molecule has 0 radical (unpaired) electrons. The molecule has 0 aliphatic heterocycles. The molecule has 0 amide bonds. The number of benzene rings is 1. The van der Waals surface area contributed by atoms with E-state index in [2.05, 4.69) is 0 Å². The van der Waals surface area contributed by atoms with Gasteiger partial charge in [-0.15, -0.1) is 0 Å². The average molecular weight is 200 g/mol. The Kier molecular flexibility index (Phi) is 2.26. The van der Waals surface area contributed by atoms with Gasteiger partial charge in [0.2, 0.25) is 0 Å². The normalized spacial score (nSPS) is 32.7. The standard InChI is InChI=1S/C10H11ClFN/c11-7-3-1-6(2-4-7)10-8(12)5-9(10)13/h1-4,8-10H,5,13H2/t8-,9+,10+/m0/s1. The summed E-state index contributed by atoms with van der Waals surface area (Å²) in [5.74, 6) is -0.128. The van der Waals surface area contributed by atoms with Gasteiger partial charge < -0.3 is 5.73 Å². The first-order chi connectivity index (χ1) is 6.18. The topological polar surface area (TPSA) is 26.0 Å². The van der Waals surface area contributed by atoms with Gasteiger partial charge >= 0.3 is 0 Å². The van der Waals surface area contributed by atoms with Crippen LogP contribution in [0.4, 0.5) is 4.39 Å². The van der Waals surface area contributed by atoms with Crippen LogP contribution in [0.5, 0.6) is 0 Å². The molecule has 1 aliphatic carbocycles. The Labute approximate surface area is 81.7 Å². The number of halogens is 2. The van der Waals surface area contributed by atoms with Crippen LogP contribution >= 0.6 is 11.6 Å². The van der Waals surface area contributed by atoms with E-state index in [1.54, 1.807) is 12.1 Å². The van der Waals surface area contributed by atoms with E-state index in [0.717, 1.165) is 5.56 Å². The van der Waals surface area contributed by atoms with Crippen molar-refractivity contribution in [2.75, 3.05) is 0 Å². The van der Waals surface area contributed by atoms with Crippen molar-refractivity contribution in [3.8, 4) is 0 Å². The SMILES string of the molecule is N[C@@H]1C[C@H](F)[C@H]1c1ccc(Cl)cc1. The fourth-order valence-electron chi connectivity index (χ4n) is 1.77. The predicted molar refractivity (Wildman–Crippen MR) is 51.7 cm³/mol. The van der Waals surface area contributed by atoms with Gasteiger partial charge in [-0.05, 0) is 24.1 Å². The van der Waals surface area contributed by atoms with Crippen molar-refractivity contribution in [2.24, 2.45) is 5.73 Å². The lowest BCUT2D eigenvalue weighted by molar-refractivity contribution is 0.140. The van der Waals surface area contributed by atoms with Crippen LogP contribution in [0.3, 0.4) is 0 Å². The highest BCUT2D eigenvalue weighted by Gasteiger charge is 2.39. The molecule has 1 aromatic carbocycles. The summed E-state index contributed by atoms with van der Waals surface area (Å²) in [6.45, 7) is 0. The summed E-state index contributed by atoms with van der Waals surface area (Å²) in [7, 11) is 0. The van der Waals surface area contributed by atoms with Crippen LogP contribution in [-0.2, 0) is 0 Å². The van der Waals surface area contributed by atoms with Crippen molar-refractivity contribution in [3.05, 3.63) is 34.9 Å². The van der Waals surface area contributed by atoms with Crippen molar-refractivity contribution in [1.29, 1.82) is 0 Å². The number of hydrogen-bond acceptors (Lipinski definition) is 1. The molecule has 0 saturated heterocycles. The Balaban J connectivity index is 2.21. The van der Waals surface area contributed by atoms with Gasteiger partial charge in [0.1, 0.15) is 6.17 Å². The van der Waals surface area contributed by atoms with Gasteiger partial charge in [0.25, 0.3) is 0 Å². The first kappa shape index (κ1) is 8.97. The van der Waals surface area contributed by atoms with E-state index < -0.39 is 6.17 Å². The molecular formula is C10H11ClFN. The van der Waals surface area contributed by atoms with Crippen LogP contribution in [0.25, 0.3) is 0 Å². The molecule has 1 aromatic rings. The fourth-order valence-corrected chi connectivity index (χ4v) is 1.89. The van der Waals surface area contributed by atoms with Gasteiger partial charge in [-0.1, -0.05) is 23.7 Å². The first-order valence-corrected chi connectivity index (χ1v) is 4.71. The highest BCUT2D eigenvalue weighted by atomic mass is 35.5. The molecule has 70 valence electrons. The summed E-state index contributed by atoms with van der Waals surface area (Å²) in [5, 5.41) is 0.673. The number of alkyl halides is 1. The van der Waals surface area contributed by atoms with Gasteiger partial charge in [-0.25, -0.2) is 4.39 Å². The maximum absolute atomic E-state index is 13.1. The molecule has 13 heavy (non-hydrogen) atoms. The zero-order chi connectivity index (χ0) is 9.42.